The van der Waals surface area contributed by atoms with Gasteiger partial charge in [-0.3, -0.25) is 4.79 Å². The number of benzene rings is 1. The normalized spacial score (nSPS) is 13.7. The Bertz CT molecular complexity index is 1050. The maximum Gasteiger partial charge on any atom is 0.319 e. The summed E-state index contributed by atoms with van der Waals surface area (Å²) < 4.78 is 1.50. The highest BCUT2D eigenvalue weighted by Crippen LogP contribution is 2.18. The number of aromatic nitrogens is 6. The predicted molar refractivity (Wildman–Crippen MR) is 116 cm³/mol. The van der Waals surface area contributed by atoms with E-state index < -0.39 is 0 Å². The van der Waals surface area contributed by atoms with Gasteiger partial charge in [-0.25, -0.2) is 19.4 Å². The van der Waals surface area contributed by atoms with Crippen molar-refractivity contribution in [3.8, 4) is 5.69 Å². The van der Waals surface area contributed by atoms with Crippen molar-refractivity contribution in [2.45, 2.75) is 13.3 Å². The molecule has 3 aromatic rings. The van der Waals surface area contributed by atoms with Gasteiger partial charge in [-0.1, -0.05) is 6.07 Å². The molecular formula is C20H24N10O2. The average molecular weight is 436 g/mol. The van der Waals surface area contributed by atoms with Crippen LogP contribution in [0.2, 0.25) is 0 Å². The zero-order valence-electron chi connectivity index (χ0n) is 17.7. The maximum atomic E-state index is 12.5. The molecule has 0 bridgehead atoms. The van der Waals surface area contributed by atoms with Crippen LogP contribution < -0.4 is 15.5 Å². The van der Waals surface area contributed by atoms with Gasteiger partial charge in [-0.2, -0.15) is 0 Å². The van der Waals surface area contributed by atoms with Gasteiger partial charge in [0.15, 0.2) is 0 Å². The van der Waals surface area contributed by atoms with E-state index in [9.17, 15) is 9.59 Å². The van der Waals surface area contributed by atoms with Crippen molar-refractivity contribution in [1.82, 2.24) is 40.4 Å². The summed E-state index contributed by atoms with van der Waals surface area (Å²) >= 11 is 0. The van der Waals surface area contributed by atoms with Crippen LogP contribution in [0.5, 0.6) is 0 Å². The highest BCUT2D eigenvalue weighted by atomic mass is 16.2. The average Bonchev–Trinajstić information content (AvgIpc) is 3.36. The molecule has 2 aromatic heterocycles. The number of carbonyl (C=O) groups is 2. The molecule has 2 N–H and O–H groups in total. The zero-order chi connectivity index (χ0) is 22.3. The highest BCUT2D eigenvalue weighted by molar-refractivity contribution is 5.90. The van der Waals surface area contributed by atoms with Crippen LogP contribution in [0.3, 0.4) is 0 Å². The van der Waals surface area contributed by atoms with Crippen LogP contribution in [-0.4, -0.2) is 79.7 Å². The smallest absolute Gasteiger partial charge is 0.319 e. The van der Waals surface area contributed by atoms with Gasteiger partial charge in [0, 0.05) is 57.2 Å². The van der Waals surface area contributed by atoms with Crippen LogP contribution in [0, 0.1) is 6.92 Å². The molecule has 12 nitrogen and oxygen atoms in total. The predicted octanol–water partition coefficient (Wildman–Crippen LogP) is 0.621. The lowest BCUT2D eigenvalue weighted by Crippen LogP contribution is -2.49. The summed E-state index contributed by atoms with van der Waals surface area (Å²) in [5, 5.41) is 16.6. The Morgan fingerprint density at radius 1 is 1.09 bits per heavy atom. The second kappa shape index (κ2) is 9.81. The second-order valence-corrected chi connectivity index (χ2v) is 7.30. The van der Waals surface area contributed by atoms with Gasteiger partial charge in [-0.15, -0.1) is 5.10 Å². The number of urea groups is 1. The van der Waals surface area contributed by atoms with Crippen molar-refractivity contribution in [2.75, 3.05) is 42.9 Å². The van der Waals surface area contributed by atoms with Crippen molar-refractivity contribution >= 4 is 23.6 Å². The fourth-order valence-electron chi connectivity index (χ4n) is 3.38. The van der Waals surface area contributed by atoms with Crippen LogP contribution in [0.4, 0.5) is 16.4 Å². The number of tetrazole rings is 1. The zero-order valence-corrected chi connectivity index (χ0v) is 17.7. The summed E-state index contributed by atoms with van der Waals surface area (Å²) in [6.45, 7) is 4.71. The van der Waals surface area contributed by atoms with E-state index in [1.165, 1.54) is 11.0 Å². The standard InChI is InChI=1S/C20H24N10O2/c1-15-3-4-16(30-14-24-26-27-30)13-17(15)25-20(32)23-8-5-18(31)28-9-11-29(12-10-28)19-21-6-2-7-22-19/h2-4,6-7,13-14H,5,8-12H2,1H3,(H2,23,25,32). The van der Waals surface area contributed by atoms with Crippen LogP contribution in [0.25, 0.3) is 5.69 Å². The van der Waals surface area contributed by atoms with E-state index in [2.05, 4.69) is 41.0 Å². The first-order chi connectivity index (χ1) is 15.6. The van der Waals surface area contributed by atoms with E-state index in [-0.39, 0.29) is 24.9 Å². The lowest BCUT2D eigenvalue weighted by atomic mass is 10.2. The number of nitrogens with one attached hydrogen (secondary N) is 2. The Balaban J connectivity index is 1.22. The number of hydrogen-bond acceptors (Lipinski definition) is 8. The van der Waals surface area contributed by atoms with E-state index in [0.717, 1.165) is 11.3 Å². The fraction of sp³-hybridized carbons (Fsp3) is 0.350. The van der Waals surface area contributed by atoms with E-state index in [0.29, 0.717) is 37.8 Å². The van der Waals surface area contributed by atoms with Crippen LogP contribution in [0.1, 0.15) is 12.0 Å². The molecule has 0 unspecified atom stereocenters. The molecule has 1 fully saturated rings. The Labute approximate surface area is 184 Å². The van der Waals surface area contributed by atoms with E-state index in [4.69, 9.17) is 0 Å². The molecule has 32 heavy (non-hydrogen) atoms. The van der Waals surface area contributed by atoms with Gasteiger partial charge in [-0.05, 0) is 41.1 Å². The van der Waals surface area contributed by atoms with Gasteiger partial charge in [0.1, 0.15) is 6.33 Å². The SMILES string of the molecule is Cc1ccc(-n2cnnn2)cc1NC(=O)NCCC(=O)N1CCN(c2ncccn2)CC1. The molecule has 12 heteroatoms. The molecule has 0 spiro atoms. The summed E-state index contributed by atoms with van der Waals surface area (Å²) in [5.74, 6) is 0.688. The van der Waals surface area contributed by atoms with Gasteiger partial charge in [0.05, 0.1) is 5.69 Å². The summed E-state index contributed by atoms with van der Waals surface area (Å²) in [6.07, 6.45) is 5.13. The molecule has 1 aliphatic rings. The first-order valence-electron chi connectivity index (χ1n) is 10.3. The third-order valence-corrected chi connectivity index (χ3v) is 5.17. The molecule has 3 amide bonds. The number of anilines is 2. The van der Waals surface area contributed by atoms with Crippen molar-refractivity contribution in [3.63, 3.8) is 0 Å². The molecule has 1 aliphatic heterocycles. The first kappa shape index (κ1) is 21.2. The summed E-state index contributed by atoms with van der Waals surface area (Å²) in [6, 6.07) is 6.92. The Morgan fingerprint density at radius 3 is 2.59 bits per heavy atom. The lowest BCUT2D eigenvalue weighted by Gasteiger charge is -2.34. The monoisotopic (exact) mass is 436 g/mol. The minimum atomic E-state index is -0.374. The molecule has 0 radical (unpaired) electrons. The maximum absolute atomic E-state index is 12.5. The molecule has 166 valence electrons. The largest absolute Gasteiger partial charge is 0.339 e. The second-order valence-electron chi connectivity index (χ2n) is 7.30. The quantitative estimate of drug-likeness (QED) is 0.574. The molecule has 0 aliphatic carbocycles. The molecule has 1 aromatic carbocycles. The minimum absolute atomic E-state index is 0.00999. The van der Waals surface area contributed by atoms with Gasteiger partial charge in [0.2, 0.25) is 11.9 Å². The Kier molecular flexibility index (Phi) is 6.49. The number of hydrogen-bond donors (Lipinski definition) is 2. The number of amides is 3. The van der Waals surface area contributed by atoms with Gasteiger partial charge < -0.3 is 20.4 Å². The number of rotatable bonds is 6. The molecule has 0 atom stereocenters. The summed E-state index contributed by atoms with van der Waals surface area (Å²) in [5.41, 5.74) is 2.26. The third kappa shape index (κ3) is 5.14. The van der Waals surface area contributed by atoms with Gasteiger partial charge >= 0.3 is 6.03 Å². The topological polar surface area (TPSA) is 134 Å². The lowest BCUT2D eigenvalue weighted by molar-refractivity contribution is -0.131. The number of nitrogens with zero attached hydrogens (tertiary/aromatic N) is 8. The van der Waals surface area contributed by atoms with E-state index >= 15 is 0 Å². The molecule has 0 saturated carbocycles. The minimum Gasteiger partial charge on any atom is -0.339 e. The number of carbonyl (C=O) groups excluding carboxylic acids is 2. The Hall–Kier alpha value is -4.09. The van der Waals surface area contributed by atoms with Gasteiger partial charge in [0.25, 0.3) is 0 Å². The van der Waals surface area contributed by atoms with E-state index in [1.807, 2.05) is 19.1 Å². The van der Waals surface area contributed by atoms with Crippen molar-refractivity contribution < 1.29 is 9.59 Å². The third-order valence-electron chi connectivity index (χ3n) is 5.17. The van der Waals surface area contributed by atoms with Crippen LogP contribution in [0.15, 0.2) is 43.0 Å². The molecule has 1 saturated heterocycles. The fourth-order valence-corrected chi connectivity index (χ4v) is 3.38. The van der Waals surface area contributed by atoms with Crippen molar-refractivity contribution in [1.29, 1.82) is 0 Å². The Morgan fingerprint density at radius 2 is 1.88 bits per heavy atom. The number of piperazine rings is 1. The van der Waals surface area contributed by atoms with Crippen molar-refractivity contribution in [3.05, 3.63) is 48.5 Å². The molecule has 3 heterocycles. The van der Waals surface area contributed by atoms with E-state index in [1.54, 1.807) is 29.4 Å². The molecule has 4 rings (SSSR count). The highest BCUT2D eigenvalue weighted by Gasteiger charge is 2.22. The van der Waals surface area contributed by atoms with Crippen molar-refractivity contribution in [2.24, 2.45) is 0 Å². The summed E-state index contributed by atoms with van der Waals surface area (Å²) in [4.78, 5) is 37.2. The van der Waals surface area contributed by atoms with Crippen LogP contribution in [-0.2, 0) is 4.79 Å². The first-order valence-corrected chi connectivity index (χ1v) is 10.3. The summed E-state index contributed by atoms with van der Waals surface area (Å²) in [7, 11) is 0. The number of aryl methyl sites for hydroxylation is 1. The molecular weight excluding hydrogens is 412 g/mol. The van der Waals surface area contributed by atoms with Crippen LogP contribution >= 0.6 is 0 Å².